The average molecular weight is 378 g/mol. The van der Waals surface area contributed by atoms with Gasteiger partial charge in [0.2, 0.25) is 11.8 Å². The number of amides is 2. The van der Waals surface area contributed by atoms with Gasteiger partial charge in [-0.15, -0.1) is 12.4 Å². The molecule has 7 heteroatoms. The van der Waals surface area contributed by atoms with Gasteiger partial charge in [-0.2, -0.15) is 0 Å². The van der Waals surface area contributed by atoms with Crippen LogP contribution >= 0.6 is 12.4 Å². The number of hydrogen-bond donors (Lipinski definition) is 3. The second-order valence-corrected chi connectivity index (χ2v) is 5.73. The van der Waals surface area contributed by atoms with Crippen LogP contribution in [0.3, 0.4) is 0 Å². The highest BCUT2D eigenvalue weighted by molar-refractivity contribution is 5.88. The number of methoxy groups -OCH3 is 1. The van der Waals surface area contributed by atoms with Crippen LogP contribution in [0.4, 0.5) is 0 Å². The monoisotopic (exact) mass is 377 g/mol. The lowest BCUT2D eigenvalue weighted by molar-refractivity contribution is -0.127. The number of carbonyl (C=O) groups is 2. The quantitative estimate of drug-likeness (QED) is 0.686. The highest BCUT2D eigenvalue weighted by atomic mass is 35.5. The molecule has 0 saturated carbocycles. The molecule has 0 radical (unpaired) electrons. The van der Waals surface area contributed by atoms with E-state index >= 15 is 0 Å². The number of nitrogens with two attached hydrogens (primary N) is 1. The Bertz CT molecular complexity index is 718. The lowest BCUT2D eigenvalue weighted by Crippen LogP contribution is -2.40. The number of ether oxygens (including phenoxy) is 1. The number of halogens is 1. The third-order valence-electron chi connectivity index (χ3n) is 3.79. The van der Waals surface area contributed by atoms with E-state index in [4.69, 9.17) is 10.5 Å². The molecule has 0 aliphatic rings. The topological polar surface area (TPSA) is 93.5 Å². The van der Waals surface area contributed by atoms with Crippen molar-refractivity contribution in [3.63, 3.8) is 0 Å². The van der Waals surface area contributed by atoms with E-state index in [2.05, 4.69) is 10.6 Å². The fourth-order valence-corrected chi connectivity index (χ4v) is 2.21. The number of nitrogens with one attached hydrogen (secondary N) is 2. The van der Waals surface area contributed by atoms with E-state index in [-0.39, 0.29) is 30.8 Å². The molecule has 0 aliphatic carbocycles. The van der Waals surface area contributed by atoms with Crippen LogP contribution < -0.4 is 21.1 Å². The van der Waals surface area contributed by atoms with Crippen LogP contribution in [0.15, 0.2) is 48.5 Å². The maximum Gasteiger partial charge on any atom is 0.241 e. The van der Waals surface area contributed by atoms with Crippen molar-refractivity contribution in [2.45, 2.75) is 19.5 Å². The molecule has 1 atom stereocenters. The van der Waals surface area contributed by atoms with Crippen LogP contribution in [0.1, 0.15) is 22.7 Å². The first-order chi connectivity index (χ1) is 12.0. The maximum absolute atomic E-state index is 12.0. The molecular formula is C19H24ClN3O3. The van der Waals surface area contributed by atoms with Gasteiger partial charge in [0.05, 0.1) is 13.7 Å². The van der Waals surface area contributed by atoms with Crippen LogP contribution in [-0.2, 0) is 16.1 Å². The molecule has 2 aromatic carbocycles. The third kappa shape index (κ3) is 6.38. The lowest BCUT2D eigenvalue weighted by Gasteiger charge is -2.13. The summed E-state index contributed by atoms with van der Waals surface area (Å²) in [7, 11) is 1.60. The summed E-state index contributed by atoms with van der Waals surface area (Å²) in [5.41, 5.74) is 8.65. The Morgan fingerprint density at radius 3 is 2.23 bits per heavy atom. The Labute approximate surface area is 159 Å². The van der Waals surface area contributed by atoms with E-state index < -0.39 is 6.04 Å². The molecule has 6 nitrogen and oxygen atoms in total. The molecule has 2 amide bonds. The van der Waals surface area contributed by atoms with Crippen LogP contribution in [0.5, 0.6) is 5.75 Å². The highest BCUT2D eigenvalue weighted by Gasteiger charge is 2.16. The van der Waals surface area contributed by atoms with Crippen LogP contribution in [-0.4, -0.2) is 25.5 Å². The Morgan fingerprint density at radius 1 is 1.04 bits per heavy atom. The standard InChI is InChI=1S/C19H23N3O3.ClH/c1-13-3-7-15(8-4-13)18(20)19(24)22-12-17(23)21-11-14-5-9-16(25-2)10-6-14;/h3-10,18H,11-12,20H2,1-2H3,(H,21,23)(H,22,24);1H. The molecule has 0 saturated heterocycles. The van der Waals surface area contributed by atoms with E-state index in [0.29, 0.717) is 12.1 Å². The van der Waals surface area contributed by atoms with Gasteiger partial charge < -0.3 is 21.1 Å². The molecule has 2 aromatic rings. The molecule has 26 heavy (non-hydrogen) atoms. The van der Waals surface area contributed by atoms with Gasteiger partial charge >= 0.3 is 0 Å². The zero-order chi connectivity index (χ0) is 18.2. The van der Waals surface area contributed by atoms with Crippen molar-refractivity contribution in [1.82, 2.24) is 10.6 Å². The first-order valence-electron chi connectivity index (χ1n) is 7.99. The predicted molar refractivity (Wildman–Crippen MR) is 103 cm³/mol. The fourth-order valence-electron chi connectivity index (χ4n) is 2.21. The number of rotatable bonds is 7. The van der Waals surface area contributed by atoms with E-state index in [1.807, 2.05) is 55.5 Å². The number of carbonyl (C=O) groups excluding carboxylic acids is 2. The summed E-state index contributed by atoms with van der Waals surface area (Å²) < 4.78 is 5.08. The molecule has 0 bridgehead atoms. The maximum atomic E-state index is 12.0. The first-order valence-corrected chi connectivity index (χ1v) is 7.99. The van der Waals surface area contributed by atoms with E-state index in [0.717, 1.165) is 16.9 Å². The average Bonchev–Trinajstić information content (AvgIpc) is 2.64. The first kappa shape index (κ1) is 21.5. The molecular weight excluding hydrogens is 354 g/mol. The molecule has 0 heterocycles. The smallest absolute Gasteiger partial charge is 0.241 e. The molecule has 0 aliphatic heterocycles. The van der Waals surface area contributed by atoms with Gasteiger partial charge in [0.25, 0.3) is 0 Å². The van der Waals surface area contributed by atoms with Crippen LogP contribution in [0, 0.1) is 6.92 Å². The summed E-state index contributed by atoms with van der Waals surface area (Å²) in [6, 6.07) is 14.0. The van der Waals surface area contributed by atoms with Gasteiger partial charge in [0.1, 0.15) is 11.8 Å². The second kappa shape index (κ2) is 10.4. The molecule has 0 aromatic heterocycles. The summed E-state index contributed by atoms with van der Waals surface area (Å²) in [5, 5.41) is 5.30. The Morgan fingerprint density at radius 2 is 1.65 bits per heavy atom. The van der Waals surface area contributed by atoms with Crippen molar-refractivity contribution in [3.8, 4) is 5.75 Å². The predicted octanol–water partition coefficient (Wildman–Crippen LogP) is 1.86. The van der Waals surface area contributed by atoms with Gasteiger partial charge in [0, 0.05) is 6.54 Å². The van der Waals surface area contributed by atoms with Gasteiger partial charge in [-0.05, 0) is 30.2 Å². The van der Waals surface area contributed by atoms with E-state index in [1.165, 1.54) is 0 Å². The summed E-state index contributed by atoms with van der Waals surface area (Å²) in [4.78, 5) is 23.9. The largest absolute Gasteiger partial charge is 0.497 e. The van der Waals surface area contributed by atoms with Gasteiger partial charge in [-0.25, -0.2) is 0 Å². The Hall–Kier alpha value is -2.57. The molecule has 140 valence electrons. The number of hydrogen-bond acceptors (Lipinski definition) is 4. The Kier molecular flexibility index (Phi) is 8.61. The van der Waals surface area contributed by atoms with Gasteiger partial charge in [-0.1, -0.05) is 42.0 Å². The second-order valence-electron chi connectivity index (χ2n) is 5.73. The zero-order valence-corrected chi connectivity index (χ0v) is 15.6. The molecule has 4 N–H and O–H groups in total. The van der Waals surface area contributed by atoms with E-state index in [1.54, 1.807) is 7.11 Å². The minimum absolute atomic E-state index is 0. The van der Waals surface area contributed by atoms with Crippen molar-refractivity contribution >= 4 is 24.2 Å². The number of aryl methyl sites for hydroxylation is 1. The molecule has 1 unspecified atom stereocenters. The summed E-state index contributed by atoms with van der Waals surface area (Å²) >= 11 is 0. The molecule has 0 spiro atoms. The lowest BCUT2D eigenvalue weighted by atomic mass is 10.1. The van der Waals surface area contributed by atoms with Crippen molar-refractivity contribution in [1.29, 1.82) is 0 Å². The molecule has 2 rings (SSSR count). The minimum Gasteiger partial charge on any atom is -0.497 e. The SMILES string of the molecule is COc1ccc(CNC(=O)CNC(=O)C(N)c2ccc(C)cc2)cc1.Cl. The zero-order valence-electron chi connectivity index (χ0n) is 14.8. The minimum atomic E-state index is -0.796. The highest BCUT2D eigenvalue weighted by Crippen LogP contribution is 2.12. The van der Waals surface area contributed by atoms with Gasteiger partial charge in [-0.3, -0.25) is 9.59 Å². The van der Waals surface area contributed by atoms with Crippen molar-refractivity contribution in [3.05, 3.63) is 65.2 Å². The van der Waals surface area contributed by atoms with Gasteiger partial charge in [0.15, 0.2) is 0 Å². The third-order valence-corrected chi connectivity index (χ3v) is 3.79. The van der Waals surface area contributed by atoms with Crippen molar-refractivity contribution < 1.29 is 14.3 Å². The van der Waals surface area contributed by atoms with E-state index in [9.17, 15) is 9.59 Å². The summed E-state index contributed by atoms with van der Waals surface area (Å²) in [6.07, 6.45) is 0. The Balaban J connectivity index is 0.00000338. The number of benzene rings is 2. The van der Waals surface area contributed by atoms with Crippen LogP contribution in [0.25, 0.3) is 0 Å². The normalized spacial score (nSPS) is 11.0. The fraction of sp³-hybridized carbons (Fsp3) is 0.263. The summed E-state index contributed by atoms with van der Waals surface area (Å²) in [6.45, 7) is 2.22. The van der Waals surface area contributed by atoms with Crippen molar-refractivity contribution in [2.24, 2.45) is 5.73 Å². The summed E-state index contributed by atoms with van der Waals surface area (Å²) in [5.74, 6) is 0.0937. The van der Waals surface area contributed by atoms with Crippen molar-refractivity contribution in [2.75, 3.05) is 13.7 Å². The molecule has 0 fully saturated rings. The van der Waals surface area contributed by atoms with Crippen LogP contribution in [0.2, 0.25) is 0 Å².